The van der Waals surface area contributed by atoms with Crippen molar-refractivity contribution >= 4 is 28.8 Å². The van der Waals surface area contributed by atoms with E-state index >= 15 is 0 Å². The molecule has 1 aromatic heterocycles. The molecule has 0 aliphatic heterocycles. The van der Waals surface area contributed by atoms with Crippen LogP contribution in [0.1, 0.15) is 26.5 Å². The van der Waals surface area contributed by atoms with Crippen molar-refractivity contribution < 1.29 is 0 Å². The fourth-order valence-corrected chi connectivity index (χ4v) is 2.35. The van der Waals surface area contributed by atoms with E-state index in [1.54, 1.807) is 0 Å². The lowest BCUT2D eigenvalue weighted by Crippen LogP contribution is -2.22. The first-order valence-electron chi connectivity index (χ1n) is 5.47. The lowest BCUT2D eigenvalue weighted by atomic mass is 10.0. The van der Waals surface area contributed by atoms with E-state index in [2.05, 4.69) is 31.9 Å². The number of hydrogen-bond donors (Lipinski definition) is 0. The van der Waals surface area contributed by atoms with E-state index in [-0.39, 0.29) is 5.54 Å². The second-order valence-corrected chi connectivity index (χ2v) is 5.93. The number of allylic oxidation sites excluding steroid dienone is 5. The molecule has 1 heterocycles. The smallest absolute Gasteiger partial charge is 0.0850 e. The fourth-order valence-electron chi connectivity index (χ4n) is 1.92. The van der Waals surface area contributed by atoms with Gasteiger partial charge < -0.3 is 4.57 Å². The molecule has 0 radical (unpaired) electrons. The average molecular weight is 268 g/mol. The average Bonchev–Trinajstić information content (AvgIpc) is 2.72. The van der Waals surface area contributed by atoms with E-state index in [0.717, 1.165) is 16.8 Å². The molecule has 1 aliphatic carbocycles. The largest absolute Gasteiger partial charge is 0.339 e. The van der Waals surface area contributed by atoms with Gasteiger partial charge in [0.2, 0.25) is 0 Å². The number of hydrogen-bond acceptors (Lipinski definition) is 0. The first-order valence-corrected chi connectivity index (χ1v) is 6.23. The van der Waals surface area contributed by atoms with Gasteiger partial charge in [-0.1, -0.05) is 48.0 Å². The number of rotatable bonds is 1. The van der Waals surface area contributed by atoms with E-state index in [9.17, 15) is 0 Å². The molecule has 90 valence electrons. The van der Waals surface area contributed by atoms with Crippen LogP contribution in [0, 0.1) is 0 Å². The molecule has 1 nitrogen and oxygen atoms in total. The van der Waals surface area contributed by atoms with Gasteiger partial charge in [-0.15, -0.1) is 0 Å². The van der Waals surface area contributed by atoms with Crippen molar-refractivity contribution in [2.45, 2.75) is 26.3 Å². The fraction of sp³-hybridized carbons (Fsp3) is 0.286. The van der Waals surface area contributed by atoms with Crippen LogP contribution in [-0.2, 0) is 5.54 Å². The molecule has 0 atom stereocenters. The topological polar surface area (TPSA) is 4.93 Å². The van der Waals surface area contributed by atoms with Gasteiger partial charge in [0, 0.05) is 17.3 Å². The molecule has 2 rings (SSSR count). The molecule has 0 N–H and O–H groups in total. The predicted molar refractivity (Wildman–Crippen MR) is 75.7 cm³/mol. The Labute approximate surface area is 112 Å². The zero-order valence-electron chi connectivity index (χ0n) is 10.2. The Bertz CT molecular complexity index is 539. The highest BCUT2D eigenvalue weighted by atomic mass is 35.5. The van der Waals surface area contributed by atoms with Crippen LogP contribution in [0.5, 0.6) is 0 Å². The van der Waals surface area contributed by atoms with Gasteiger partial charge in [-0.05, 0) is 26.3 Å². The Morgan fingerprint density at radius 1 is 1.24 bits per heavy atom. The molecule has 3 heteroatoms. The molecule has 0 spiro atoms. The van der Waals surface area contributed by atoms with Crippen LogP contribution >= 0.6 is 23.2 Å². The molecule has 0 saturated heterocycles. The molecule has 0 unspecified atom stereocenters. The van der Waals surface area contributed by atoms with Crippen molar-refractivity contribution in [2.24, 2.45) is 0 Å². The van der Waals surface area contributed by atoms with Gasteiger partial charge in [-0.3, -0.25) is 0 Å². The Kier molecular flexibility index (Phi) is 3.01. The summed E-state index contributed by atoms with van der Waals surface area (Å²) in [7, 11) is 0. The molecular weight excluding hydrogens is 253 g/mol. The Balaban J connectivity index is 2.65. The maximum Gasteiger partial charge on any atom is 0.0850 e. The van der Waals surface area contributed by atoms with Crippen LogP contribution in [-0.4, -0.2) is 4.57 Å². The molecule has 0 amide bonds. The molecule has 0 fully saturated rings. The number of aromatic nitrogens is 1. The van der Waals surface area contributed by atoms with Gasteiger partial charge in [-0.25, -0.2) is 0 Å². The zero-order valence-corrected chi connectivity index (χ0v) is 11.7. The van der Waals surface area contributed by atoms with E-state index < -0.39 is 0 Å². The SMILES string of the molecule is C=C1C=CC=C1c1c(Cl)c(Cl)cn1C(C)(C)C. The first-order chi connectivity index (χ1) is 7.82. The maximum absolute atomic E-state index is 6.30. The highest BCUT2D eigenvalue weighted by Gasteiger charge is 2.25. The lowest BCUT2D eigenvalue weighted by Gasteiger charge is -2.25. The predicted octanol–water partition coefficient (Wildman–Crippen LogP) is 5.06. The quantitative estimate of drug-likeness (QED) is 0.671. The maximum atomic E-state index is 6.30. The van der Waals surface area contributed by atoms with E-state index in [4.69, 9.17) is 23.2 Å². The minimum absolute atomic E-state index is 0.0736. The van der Waals surface area contributed by atoms with Crippen LogP contribution in [0.15, 0.2) is 36.6 Å². The van der Waals surface area contributed by atoms with E-state index in [1.807, 2.05) is 24.4 Å². The summed E-state index contributed by atoms with van der Waals surface area (Å²) in [6, 6.07) is 0. The Morgan fingerprint density at radius 3 is 2.35 bits per heavy atom. The van der Waals surface area contributed by atoms with Crippen molar-refractivity contribution in [3.05, 3.63) is 52.3 Å². The minimum Gasteiger partial charge on any atom is -0.339 e. The van der Waals surface area contributed by atoms with Crippen molar-refractivity contribution in [3.8, 4) is 0 Å². The van der Waals surface area contributed by atoms with Gasteiger partial charge in [-0.2, -0.15) is 0 Å². The Morgan fingerprint density at radius 2 is 1.88 bits per heavy atom. The zero-order chi connectivity index (χ0) is 12.8. The van der Waals surface area contributed by atoms with Crippen molar-refractivity contribution in [1.29, 1.82) is 0 Å². The second-order valence-electron chi connectivity index (χ2n) is 5.15. The Hall–Kier alpha value is -0.920. The summed E-state index contributed by atoms with van der Waals surface area (Å²) in [4.78, 5) is 0. The van der Waals surface area contributed by atoms with Crippen molar-refractivity contribution in [2.75, 3.05) is 0 Å². The highest BCUT2D eigenvalue weighted by molar-refractivity contribution is 6.43. The number of halogens is 2. The first kappa shape index (κ1) is 12.5. The number of nitrogens with zero attached hydrogens (tertiary/aromatic N) is 1. The molecule has 0 saturated carbocycles. The van der Waals surface area contributed by atoms with Crippen molar-refractivity contribution in [1.82, 2.24) is 4.57 Å². The summed E-state index contributed by atoms with van der Waals surface area (Å²) in [5.74, 6) is 0. The van der Waals surface area contributed by atoms with Crippen LogP contribution in [0.2, 0.25) is 10.0 Å². The monoisotopic (exact) mass is 267 g/mol. The third-order valence-corrected chi connectivity index (χ3v) is 3.55. The normalized spacial score (nSPS) is 15.6. The summed E-state index contributed by atoms with van der Waals surface area (Å²) in [5, 5.41) is 1.18. The van der Waals surface area contributed by atoms with Gasteiger partial charge >= 0.3 is 0 Å². The third-order valence-electron chi connectivity index (χ3n) is 2.79. The second kappa shape index (κ2) is 4.08. The van der Waals surface area contributed by atoms with Crippen LogP contribution in [0.25, 0.3) is 5.57 Å². The van der Waals surface area contributed by atoms with E-state index in [1.165, 1.54) is 0 Å². The van der Waals surface area contributed by atoms with Crippen molar-refractivity contribution in [3.63, 3.8) is 0 Å². The minimum atomic E-state index is -0.0736. The summed E-state index contributed by atoms with van der Waals surface area (Å²) >= 11 is 12.4. The molecule has 0 bridgehead atoms. The van der Waals surface area contributed by atoms with Crippen LogP contribution < -0.4 is 0 Å². The molecule has 17 heavy (non-hydrogen) atoms. The molecular formula is C14H15Cl2N. The van der Waals surface area contributed by atoms with Gasteiger partial charge in [0.05, 0.1) is 15.7 Å². The summed E-state index contributed by atoms with van der Waals surface area (Å²) in [6.45, 7) is 10.4. The highest BCUT2D eigenvalue weighted by Crippen LogP contribution is 2.40. The van der Waals surface area contributed by atoms with Crippen LogP contribution in [0.4, 0.5) is 0 Å². The van der Waals surface area contributed by atoms with E-state index in [0.29, 0.717) is 10.0 Å². The van der Waals surface area contributed by atoms with Gasteiger partial charge in [0.25, 0.3) is 0 Å². The molecule has 1 aliphatic rings. The van der Waals surface area contributed by atoms with Crippen LogP contribution in [0.3, 0.4) is 0 Å². The standard InChI is InChI=1S/C14H15Cl2N/c1-9-6-5-7-10(9)13-12(16)11(15)8-17(13)14(2,3)4/h5-8H,1H2,2-4H3. The lowest BCUT2D eigenvalue weighted by molar-refractivity contribution is 0.395. The summed E-state index contributed by atoms with van der Waals surface area (Å²) in [5.41, 5.74) is 2.87. The van der Waals surface area contributed by atoms with Gasteiger partial charge in [0.1, 0.15) is 0 Å². The third kappa shape index (κ3) is 2.10. The summed E-state index contributed by atoms with van der Waals surface area (Å²) < 4.78 is 2.10. The summed E-state index contributed by atoms with van der Waals surface area (Å²) in [6.07, 6.45) is 7.84. The molecule has 1 aromatic rings. The molecule has 0 aromatic carbocycles. The van der Waals surface area contributed by atoms with Gasteiger partial charge in [0.15, 0.2) is 0 Å².